The zero-order chi connectivity index (χ0) is 22.6. The molecule has 9 nitrogen and oxygen atoms in total. The minimum Gasteiger partial charge on any atom is -0.486 e. The number of fused-ring (bicyclic) bond motifs is 1. The van der Waals surface area contributed by atoms with Gasteiger partial charge in [0.25, 0.3) is 5.91 Å². The molecule has 2 heterocycles. The van der Waals surface area contributed by atoms with Crippen LogP contribution in [0.4, 0.5) is 0 Å². The summed E-state index contributed by atoms with van der Waals surface area (Å²) >= 11 is 0. The summed E-state index contributed by atoms with van der Waals surface area (Å²) in [5.41, 5.74) is 0.403. The number of hydrogen-bond acceptors (Lipinski definition) is 8. The molecule has 2 atom stereocenters. The number of Topliss-reactive ketones (excluding diaryl/α,β-unsaturated/α-hetero) is 1. The first-order valence-electron chi connectivity index (χ1n) is 10.3. The summed E-state index contributed by atoms with van der Waals surface area (Å²) in [4.78, 5) is 38.7. The van der Waals surface area contributed by atoms with Crippen molar-refractivity contribution in [2.24, 2.45) is 0 Å². The number of carbonyl (C=O) groups excluding carboxylic acids is 3. The number of likely N-dealkylation sites (N-methyl/N-ethyl adjacent to an activating group) is 1. The Kier molecular flexibility index (Phi) is 7.19. The zero-order valence-corrected chi connectivity index (χ0v) is 18.5. The van der Waals surface area contributed by atoms with Crippen LogP contribution in [0, 0.1) is 0 Å². The molecule has 2 aliphatic rings. The van der Waals surface area contributed by atoms with Crippen LogP contribution in [0.2, 0.25) is 0 Å². The van der Waals surface area contributed by atoms with E-state index in [2.05, 4.69) is 0 Å². The highest BCUT2D eigenvalue weighted by atomic mass is 32.2. The second-order valence-electron chi connectivity index (χ2n) is 7.59. The molecule has 0 saturated carbocycles. The number of benzene rings is 1. The van der Waals surface area contributed by atoms with Gasteiger partial charge in [0.1, 0.15) is 13.2 Å². The van der Waals surface area contributed by atoms with E-state index < -0.39 is 33.9 Å². The lowest BCUT2D eigenvalue weighted by atomic mass is 10.1. The minimum atomic E-state index is -3.14. The van der Waals surface area contributed by atoms with Gasteiger partial charge in [0.2, 0.25) is 0 Å². The van der Waals surface area contributed by atoms with E-state index in [0.29, 0.717) is 43.2 Å². The van der Waals surface area contributed by atoms with Crippen LogP contribution in [0.15, 0.2) is 18.2 Å². The molecule has 10 heteroatoms. The molecule has 1 aromatic rings. The standard InChI is InChI=1S/C21H27NO8S/c1-3-22(16-8-11-31(26,27)13-16)21(25)14(2)30-20(24)7-5-17(23)15-4-6-18-19(12-15)29-10-9-28-18/h4,6,12,14,16H,3,5,7-11,13H2,1-2H3/t14-,16+/m0/s1. The lowest BCUT2D eigenvalue weighted by Gasteiger charge is -2.29. The summed E-state index contributed by atoms with van der Waals surface area (Å²) in [7, 11) is -3.14. The van der Waals surface area contributed by atoms with Gasteiger partial charge in [-0.2, -0.15) is 0 Å². The topological polar surface area (TPSA) is 116 Å². The highest BCUT2D eigenvalue weighted by Gasteiger charge is 2.36. The van der Waals surface area contributed by atoms with Gasteiger partial charge in [-0.3, -0.25) is 14.4 Å². The van der Waals surface area contributed by atoms with E-state index in [1.807, 2.05) is 0 Å². The van der Waals surface area contributed by atoms with Gasteiger partial charge in [-0.1, -0.05) is 0 Å². The molecule has 0 unspecified atom stereocenters. The number of amides is 1. The summed E-state index contributed by atoms with van der Waals surface area (Å²) in [6, 6.07) is 4.45. The number of ketones is 1. The maximum absolute atomic E-state index is 12.7. The van der Waals surface area contributed by atoms with Crippen molar-refractivity contribution in [1.82, 2.24) is 4.90 Å². The largest absolute Gasteiger partial charge is 0.486 e. The third-order valence-electron chi connectivity index (χ3n) is 5.35. The van der Waals surface area contributed by atoms with Crippen LogP contribution in [0.3, 0.4) is 0 Å². The normalized spacial score (nSPS) is 20.0. The maximum Gasteiger partial charge on any atom is 0.307 e. The van der Waals surface area contributed by atoms with Crippen molar-refractivity contribution >= 4 is 27.5 Å². The number of ether oxygens (including phenoxy) is 3. The zero-order valence-electron chi connectivity index (χ0n) is 17.7. The molecule has 1 amide bonds. The Labute approximate surface area is 181 Å². The number of hydrogen-bond donors (Lipinski definition) is 0. The van der Waals surface area contributed by atoms with Crippen LogP contribution in [0.1, 0.15) is 43.5 Å². The summed E-state index contributed by atoms with van der Waals surface area (Å²) in [5, 5.41) is 0. The van der Waals surface area contributed by atoms with Crippen LogP contribution >= 0.6 is 0 Å². The van der Waals surface area contributed by atoms with Crippen molar-refractivity contribution in [3.8, 4) is 11.5 Å². The summed E-state index contributed by atoms with van der Waals surface area (Å²) < 4.78 is 39.5. The average Bonchev–Trinajstić information content (AvgIpc) is 3.11. The smallest absolute Gasteiger partial charge is 0.307 e. The van der Waals surface area contributed by atoms with E-state index in [1.165, 1.54) is 11.8 Å². The van der Waals surface area contributed by atoms with Gasteiger partial charge in [-0.25, -0.2) is 8.42 Å². The van der Waals surface area contributed by atoms with E-state index in [0.717, 1.165) is 0 Å². The SMILES string of the molecule is CCN(C(=O)[C@H](C)OC(=O)CCC(=O)c1ccc2c(c1)OCCO2)[C@@H]1CCS(=O)(=O)C1. The number of nitrogens with zero attached hydrogens (tertiary/aromatic N) is 1. The Balaban J connectivity index is 1.50. The van der Waals surface area contributed by atoms with Crippen LogP contribution in [-0.4, -0.2) is 74.4 Å². The van der Waals surface area contributed by atoms with E-state index in [4.69, 9.17) is 14.2 Å². The Hall–Kier alpha value is -2.62. The third-order valence-corrected chi connectivity index (χ3v) is 7.10. The molecule has 31 heavy (non-hydrogen) atoms. The Bertz CT molecular complexity index is 958. The quantitative estimate of drug-likeness (QED) is 0.428. The van der Waals surface area contributed by atoms with Crippen LogP contribution < -0.4 is 9.47 Å². The highest BCUT2D eigenvalue weighted by molar-refractivity contribution is 7.91. The van der Waals surface area contributed by atoms with Crippen LogP contribution in [0.25, 0.3) is 0 Å². The van der Waals surface area contributed by atoms with Crippen molar-refractivity contribution in [3.63, 3.8) is 0 Å². The van der Waals surface area contributed by atoms with Gasteiger partial charge in [0, 0.05) is 24.6 Å². The van der Waals surface area contributed by atoms with E-state index in [-0.39, 0.29) is 30.1 Å². The third kappa shape index (κ3) is 5.75. The number of sulfone groups is 1. The molecule has 3 rings (SSSR count). The van der Waals surface area contributed by atoms with E-state index >= 15 is 0 Å². The van der Waals surface area contributed by atoms with Crippen LogP contribution in [-0.2, 0) is 24.2 Å². The molecule has 0 radical (unpaired) electrons. The first-order chi connectivity index (χ1) is 14.7. The lowest BCUT2D eigenvalue weighted by Crippen LogP contribution is -2.46. The fraction of sp³-hybridized carbons (Fsp3) is 0.571. The van der Waals surface area contributed by atoms with Gasteiger partial charge >= 0.3 is 5.97 Å². The summed E-state index contributed by atoms with van der Waals surface area (Å²) in [6.07, 6.45) is -0.917. The van der Waals surface area contributed by atoms with Gasteiger partial charge in [0.05, 0.1) is 17.9 Å². The van der Waals surface area contributed by atoms with Gasteiger partial charge in [-0.05, 0) is 38.5 Å². The molecule has 1 fully saturated rings. The predicted octanol–water partition coefficient (Wildman–Crippen LogP) is 1.39. The highest BCUT2D eigenvalue weighted by Crippen LogP contribution is 2.31. The summed E-state index contributed by atoms with van der Waals surface area (Å²) in [6.45, 7) is 4.39. The average molecular weight is 454 g/mol. The lowest BCUT2D eigenvalue weighted by molar-refractivity contribution is -0.159. The summed E-state index contributed by atoms with van der Waals surface area (Å²) in [5.74, 6) is -0.302. The molecule has 0 aromatic heterocycles. The van der Waals surface area contributed by atoms with Gasteiger partial charge < -0.3 is 19.1 Å². The van der Waals surface area contributed by atoms with Crippen molar-refractivity contribution in [3.05, 3.63) is 23.8 Å². The second kappa shape index (κ2) is 9.67. The Morgan fingerprint density at radius 2 is 1.87 bits per heavy atom. The van der Waals surface area contributed by atoms with Crippen molar-refractivity contribution in [2.75, 3.05) is 31.3 Å². The van der Waals surface area contributed by atoms with Crippen LogP contribution in [0.5, 0.6) is 11.5 Å². The fourth-order valence-corrected chi connectivity index (χ4v) is 5.46. The maximum atomic E-state index is 12.7. The molecule has 0 aliphatic carbocycles. The van der Waals surface area contributed by atoms with Gasteiger partial charge in [-0.15, -0.1) is 0 Å². The predicted molar refractivity (Wildman–Crippen MR) is 111 cm³/mol. The first kappa shape index (κ1) is 23.1. The molecule has 1 aromatic carbocycles. The molecular weight excluding hydrogens is 426 g/mol. The van der Waals surface area contributed by atoms with Crippen molar-refractivity contribution in [2.45, 2.75) is 45.3 Å². The Morgan fingerprint density at radius 1 is 1.16 bits per heavy atom. The molecular formula is C21H27NO8S. The molecule has 0 spiro atoms. The van der Waals surface area contributed by atoms with Crippen molar-refractivity contribution in [1.29, 1.82) is 0 Å². The minimum absolute atomic E-state index is 0.0532. The number of carbonyl (C=O) groups is 3. The van der Waals surface area contributed by atoms with Crippen molar-refractivity contribution < 1.29 is 37.0 Å². The first-order valence-corrected chi connectivity index (χ1v) is 12.2. The van der Waals surface area contributed by atoms with E-state index in [1.54, 1.807) is 25.1 Å². The molecule has 0 bridgehead atoms. The number of rotatable bonds is 8. The fourth-order valence-electron chi connectivity index (χ4n) is 3.73. The van der Waals surface area contributed by atoms with Gasteiger partial charge in [0.15, 0.2) is 33.2 Å². The molecule has 1 saturated heterocycles. The Morgan fingerprint density at radius 3 is 2.52 bits per heavy atom. The number of esters is 1. The second-order valence-corrected chi connectivity index (χ2v) is 9.82. The molecule has 0 N–H and O–H groups in total. The molecule has 2 aliphatic heterocycles. The van der Waals surface area contributed by atoms with E-state index in [9.17, 15) is 22.8 Å². The monoisotopic (exact) mass is 453 g/mol. The molecule has 170 valence electrons.